The Kier molecular flexibility index (Phi) is 3.42. The molecular weight excluding hydrogens is 178 g/mol. The molecule has 0 spiro atoms. The smallest absolute Gasteiger partial charge is 0.0901 e. The highest BCUT2D eigenvalue weighted by atomic mass is 16.5. The number of ether oxygens (including phenoxy) is 2. The maximum atomic E-state index is 5.81. The van der Waals surface area contributed by atoms with Crippen molar-refractivity contribution in [1.29, 1.82) is 0 Å². The quantitative estimate of drug-likeness (QED) is 0.677. The Morgan fingerprint density at radius 2 is 2.36 bits per heavy atom. The van der Waals surface area contributed by atoms with Crippen molar-refractivity contribution >= 4 is 0 Å². The van der Waals surface area contributed by atoms with Crippen LogP contribution in [0, 0.1) is 0 Å². The van der Waals surface area contributed by atoms with Crippen LogP contribution in [0.15, 0.2) is 0 Å². The largest absolute Gasteiger partial charge is 0.378 e. The summed E-state index contributed by atoms with van der Waals surface area (Å²) in [5.74, 6) is 0. The van der Waals surface area contributed by atoms with E-state index in [1.54, 1.807) is 0 Å². The summed E-state index contributed by atoms with van der Waals surface area (Å²) in [5.41, 5.74) is 0.122. The van der Waals surface area contributed by atoms with E-state index >= 15 is 0 Å². The van der Waals surface area contributed by atoms with Gasteiger partial charge in [-0.05, 0) is 32.6 Å². The number of rotatable bonds is 5. The van der Waals surface area contributed by atoms with Crippen molar-refractivity contribution in [2.24, 2.45) is 0 Å². The van der Waals surface area contributed by atoms with Crippen LogP contribution in [0.3, 0.4) is 0 Å². The predicted octanol–water partition coefficient (Wildman–Crippen LogP) is 1.32. The Hall–Kier alpha value is -0.120. The summed E-state index contributed by atoms with van der Waals surface area (Å²) in [7, 11) is 0. The monoisotopic (exact) mass is 199 g/mol. The summed E-state index contributed by atoms with van der Waals surface area (Å²) in [6.45, 7) is 6.04. The van der Waals surface area contributed by atoms with Crippen LogP contribution in [-0.2, 0) is 9.47 Å². The minimum Gasteiger partial charge on any atom is -0.378 e. The van der Waals surface area contributed by atoms with Gasteiger partial charge in [-0.2, -0.15) is 0 Å². The maximum Gasteiger partial charge on any atom is 0.0901 e. The van der Waals surface area contributed by atoms with Crippen LogP contribution in [0.2, 0.25) is 0 Å². The van der Waals surface area contributed by atoms with E-state index in [0.717, 1.165) is 32.7 Å². The third-order valence-corrected chi connectivity index (χ3v) is 3.14. The van der Waals surface area contributed by atoms with Crippen LogP contribution < -0.4 is 5.32 Å². The van der Waals surface area contributed by atoms with E-state index in [-0.39, 0.29) is 5.60 Å². The SMILES string of the molecule is CC1(OCCCC2CCCO2)CNC1. The van der Waals surface area contributed by atoms with E-state index in [9.17, 15) is 0 Å². The van der Waals surface area contributed by atoms with Gasteiger partial charge in [0.15, 0.2) is 0 Å². The van der Waals surface area contributed by atoms with Crippen LogP contribution in [-0.4, -0.2) is 38.0 Å². The van der Waals surface area contributed by atoms with E-state index in [1.807, 2.05) is 0 Å². The summed E-state index contributed by atoms with van der Waals surface area (Å²) >= 11 is 0. The van der Waals surface area contributed by atoms with Crippen molar-refractivity contribution in [3.8, 4) is 0 Å². The van der Waals surface area contributed by atoms with Crippen LogP contribution in [0.25, 0.3) is 0 Å². The molecule has 0 bridgehead atoms. The van der Waals surface area contributed by atoms with E-state index in [0.29, 0.717) is 6.10 Å². The van der Waals surface area contributed by atoms with Gasteiger partial charge in [-0.1, -0.05) is 0 Å². The molecule has 1 atom stereocenters. The second-order valence-corrected chi connectivity index (χ2v) is 4.68. The maximum absolute atomic E-state index is 5.81. The molecule has 82 valence electrons. The molecule has 2 saturated heterocycles. The van der Waals surface area contributed by atoms with Gasteiger partial charge in [-0.15, -0.1) is 0 Å². The molecule has 0 amide bonds. The normalized spacial score (nSPS) is 30.2. The first-order chi connectivity index (χ1) is 6.79. The molecule has 2 rings (SSSR count). The van der Waals surface area contributed by atoms with Gasteiger partial charge in [-0.3, -0.25) is 0 Å². The molecule has 1 unspecified atom stereocenters. The molecule has 2 aliphatic heterocycles. The average Bonchev–Trinajstić information content (AvgIpc) is 2.62. The van der Waals surface area contributed by atoms with Gasteiger partial charge in [0.25, 0.3) is 0 Å². The lowest BCUT2D eigenvalue weighted by Gasteiger charge is -2.39. The molecule has 0 aromatic carbocycles. The fourth-order valence-electron chi connectivity index (χ4n) is 2.08. The first-order valence-corrected chi connectivity index (χ1v) is 5.75. The molecule has 1 N–H and O–H groups in total. The highest BCUT2D eigenvalue weighted by molar-refractivity contribution is 4.89. The lowest BCUT2D eigenvalue weighted by molar-refractivity contribution is -0.0698. The minimum absolute atomic E-state index is 0.122. The molecule has 3 nitrogen and oxygen atoms in total. The van der Waals surface area contributed by atoms with Crippen molar-refractivity contribution in [2.45, 2.75) is 44.3 Å². The van der Waals surface area contributed by atoms with Gasteiger partial charge in [0, 0.05) is 26.3 Å². The summed E-state index contributed by atoms with van der Waals surface area (Å²) in [5, 5.41) is 3.23. The molecule has 2 aliphatic rings. The lowest BCUT2D eigenvalue weighted by atomic mass is 10.00. The molecule has 2 fully saturated rings. The van der Waals surface area contributed by atoms with Crippen molar-refractivity contribution in [3.05, 3.63) is 0 Å². The molecule has 2 heterocycles. The van der Waals surface area contributed by atoms with Gasteiger partial charge >= 0.3 is 0 Å². The van der Waals surface area contributed by atoms with Gasteiger partial charge in [-0.25, -0.2) is 0 Å². The standard InChI is InChI=1S/C11H21NO2/c1-11(8-12-9-11)14-7-3-5-10-4-2-6-13-10/h10,12H,2-9H2,1H3. The molecule has 0 aromatic heterocycles. The fraction of sp³-hybridized carbons (Fsp3) is 1.00. The number of nitrogens with one attached hydrogen (secondary N) is 1. The summed E-state index contributed by atoms with van der Waals surface area (Å²) < 4.78 is 11.4. The molecule has 0 aromatic rings. The number of hydrogen-bond acceptors (Lipinski definition) is 3. The molecular formula is C11H21NO2. The molecule has 0 aliphatic carbocycles. The van der Waals surface area contributed by atoms with Crippen LogP contribution in [0.1, 0.15) is 32.6 Å². The predicted molar refractivity (Wildman–Crippen MR) is 55.4 cm³/mol. The topological polar surface area (TPSA) is 30.5 Å². The van der Waals surface area contributed by atoms with Crippen LogP contribution in [0.5, 0.6) is 0 Å². The van der Waals surface area contributed by atoms with Crippen molar-refractivity contribution in [1.82, 2.24) is 5.32 Å². The Balaban J connectivity index is 1.50. The molecule has 14 heavy (non-hydrogen) atoms. The second-order valence-electron chi connectivity index (χ2n) is 4.68. The highest BCUT2D eigenvalue weighted by Crippen LogP contribution is 2.19. The van der Waals surface area contributed by atoms with Gasteiger partial charge in [0.1, 0.15) is 0 Å². The van der Waals surface area contributed by atoms with E-state index in [4.69, 9.17) is 9.47 Å². The first-order valence-electron chi connectivity index (χ1n) is 5.75. The third kappa shape index (κ3) is 2.69. The van der Waals surface area contributed by atoms with Crippen molar-refractivity contribution < 1.29 is 9.47 Å². The zero-order valence-electron chi connectivity index (χ0n) is 9.05. The Morgan fingerprint density at radius 1 is 1.50 bits per heavy atom. The van der Waals surface area contributed by atoms with Gasteiger partial charge in [0.05, 0.1) is 11.7 Å². The van der Waals surface area contributed by atoms with Crippen molar-refractivity contribution in [3.63, 3.8) is 0 Å². The first kappa shape index (κ1) is 10.4. The molecule has 0 saturated carbocycles. The number of hydrogen-bond donors (Lipinski definition) is 1. The zero-order chi connectivity index (χ0) is 9.86. The Labute approximate surface area is 86.2 Å². The Bertz CT molecular complexity index is 174. The van der Waals surface area contributed by atoms with Gasteiger partial charge < -0.3 is 14.8 Å². The lowest BCUT2D eigenvalue weighted by Crippen LogP contribution is -2.59. The van der Waals surface area contributed by atoms with E-state index < -0.39 is 0 Å². The van der Waals surface area contributed by atoms with Crippen LogP contribution >= 0.6 is 0 Å². The van der Waals surface area contributed by atoms with E-state index in [1.165, 1.54) is 19.3 Å². The summed E-state index contributed by atoms with van der Waals surface area (Å²) in [4.78, 5) is 0. The zero-order valence-corrected chi connectivity index (χ0v) is 9.05. The Morgan fingerprint density at radius 3 is 2.93 bits per heavy atom. The van der Waals surface area contributed by atoms with Crippen molar-refractivity contribution in [2.75, 3.05) is 26.3 Å². The van der Waals surface area contributed by atoms with E-state index in [2.05, 4.69) is 12.2 Å². The summed E-state index contributed by atoms with van der Waals surface area (Å²) in [6, 6.07) is 0. The minimum atomic E-state index is 0.122. The second kappa shape index (κ2) is 4.60. The third-order valence-electron chi connectivity index (χ3n) is 3.14. The average molecular weight is 199 g/mol. The molecule has 0 radical (unpaired) electrons. The van der Waals surface area contributed by atoms with Gasteiger partial charge in [0.2, 0.25) is 0 Å². The fourth-order valence-corrected chi connectivity index (χ4v) is 2.08. The van der Waals surface area contributed by atoms with Crippen LogP contribution in [0.4, 0.5) is 0 Å². The highest BCUT2D eigenvalue weighted by Gasteiger charge is 2.32. The summed E-state index contributed by atoms with van der Waals surface area (Å²) in [6.07, 6.45) is 5.32. The molecule has 3 heteroatoms.